The van der Waals surface area contributed by atoms with Crippen molar-refractivity contribution in [2.75, 3.05) is 13.1 Å². The number of nitrogens with zero attached hydrogens (tertiary/aromatic N) is 2. The number of nitrogens with one attached hydrogen (secondary N) is 4. The zero-order valence-corrected chi connectivity index (χ0v) is 30.7. The summed E-state index contributed by atoms with van der Waals surface area (Å²) in [5.41, 5.74) is 7.05. The summed E-state index contributed by atoms with van der Waals surface area (Å²) in [5.74, 6) is -0.310. The Labute approximate surface area is 296 Å². The third-order valence-corrected chi connectivity index (χ3v) is 12.0. The van der Waals surface area contributed by atoms with Crippen LogP contribution in [0.1, 0.15) is 92.4 Å². The molecule has 50 heavy (non-hydrogen) atoms. The number of nitro groups is 1. The standard InChI is InChI=1S/C33H54BN7O8S/c1-22(2)19-28(34-48-27-21-23-20-26(32(23,3)4)33(27,5)49-34)39-30(43)25(15-12-17-36-31(35)40-41(44)45)38-29(42)16-10-7-11-18-37-50(46,47)24-13-8-6-9-14-24/h6,8-9,13-14,22-23,25-28,37H,7,10-12,15-21H2,1-5H3,(H,38,42)(H,39,43)(H3,35,36,40)/t23-,25+,26-,27-,28+,33+/m1/s1. The van der Waals surface area contributed by atoms with Crippen LogP contribution in [0, 0.1) is 33.3 Å². The molecule has 0 radical (unpaired) electrons. The van der Waals surface area contributed by atoms with Gasteiger partial charge in [0.25, 0.3) is 5.96 Å². The molecule has 3 aliphatic carbocycles. The normalized spacial score (nSPS) is 25.3. The van der Waals surface area contributed by atoms with Crippen molar-refractivity contribution in [2.24, 2.45) is 33.9 Å². The molecule has 1 saturated heterocycles. The lowest BCUT2D eigenvalue weighted by molar-refractivity contribution is -0.525. The van der Waals surface area contributed by atoms with Crippen LogP contribution in [0.25, 0.3) is 0 Å². The molecule has 2 amide bonds. The van der Waals surface area contributed by atoms with E-state index in [1.165, 1.54) is 12.1 Å². The number of sulfonamides is 1. The summed E-state index contributed by atoms with van der Waals surface area (Å²) in [4.78, 5) is 41.6. The maximum atomic E-state index is 13.8. The van der Waals surface area contributed by atoms with Gasteiger partial charge in [0, 0.05) is 19.5 Å². The Bertz CT molecular complexity index is 1480. The van der Waals surface area contributed by atoms with Gasteiger partial charge in [0.1, 0.15) is 6.04 Å². The summed E-state index contributed by atoms with van der Waals surface area (Å²) in [5, 5.41) is 15.8. The van der Waals surface area contributed by atoms with E-state index in [1.807, 2.05) is 0 Å². The molecule has 5 rings (SSSR count). The fourth-order valence-electron chi connectivity index (χ4n) is 7.74. The quantitative estimate of drug-likeness (QED) is 0.0352. The number of carbonyl (C=O) groups excluding carboxylic acids is 2. The Hall–Kier alpha value is -3.28. The zero-order chi connectivity index (χ0) is 36.7. The van der Waals surface area contributed by atoms with Gasteiger partial charge in [-0.3, -0.25) is 9.59 Å². The van der Waals surface area contributed by atoms with Gasteiger partial charge >= 0.3 is 7.12 Å². The molecule has 1 heterocycles. The van der Waals surface area contributed by atoms with Gasteiger partial charge < -0.3 is 25.7 Å². The molecule has 0 unspecified atom stereocenters. The number of amides is 2. The molecule has 4 fully saturated rings. The van der Waals surface area contributed by atoms with E-state index in [1.54, 1.807) is 23.6 Å². The van der Waals surface area contributed by atoms with Crippen LogP contribution in [0.15, 0.2) is 40.2 Å². The topological polar surface area (TPSA) is 216 Å². The summed E-state index contributed by atoms with van der Waals surface area (Å²) >= 11 is 0. The van der Waals surface area contributed by atoms with Crippen molar-refractivity contribution in [3.05, 3.63) is 40.4 Å². The fourth-order valence-corrected chi connectivity index (χ4v) is 8.83. The molecule has 278 valence electrons. The van der Waals surface area contributed by atoms with Crippen molar-refractivity contribution >= 4 is 34.9 Å². The van der Waals surface area contributed by atoms with Crippen LogP contribution in [0.4, 0.5) is 0 Å². The molecule has 6 N–H and O–H groups in total. The SMILES string of the molecule is CC(C)C[C@H](NC(=O)[C@H](CCCN=C(N)N[N+](=O)[O-])NC(=O)CCCCCNS(=O)(=O)c1ccccc1)B1O[C@@H]2C[C@H]3C[C@H](C3(C)C)[C@]2(C)O1. The molecule has 1 aromatic rings. The van der Waals surface area contributed by atoms with Crippen LogP contribution >= 0.6 is 0 Å². The molecule has 15 nitrogen and oxygen atoms in total. The minimum absolute atomic E-state index is 0.0453. The third-order valence-electron chi connectivity index (χ3n) is 10.6. The number of aliphatic imine (C=N–C) groups is 1. The van der Waals surface area contributed by atoms with E-state index in [0.29, 0.717) is 43.9 Å². The van der Waals surface area contributed by atoms with E-state index in [0.717, 1.165) is 12.8 Å². The van der Waals surface area contributed by atoms with Crippen molar-refractivity contribution in [3.8, 4) is 0 Å². The van der Waals surface area contributed by atoms with Crippen molar-refractivity contribution in [2.45, 2.75) is 121 Å². The van der Waals surface area contributed by atoms with Crippen LogP contribution in [0.5, 0.6) is 0 Å². The minimum atomic E-state index is -3.60. The number of hydrazine groups is 1. The minimum Gasteiger partial charge on any atom is -0.404 e. The molecule has 3 saturated carbocycles. The number of hydrogen-bond acceptors (Lipinski definition) is 9. The summed E-state index contributed by atoms with van der Waals surface area (Å²) in [6.45, 7) is 11.2. The van der Waals surface area contributed by atoms with Gasteiger partial charge in [-0.1, -0.05) is 57.7 Å². The second kappa shape index (κ2) is 16.8. The third kappa shape index (κ3) is 9.95. The Morgan fingerprint density at radius 2 is 1.82 bits per heavy atom. The number of guanidine groups is 1. The number of nitrogens with two attached hydrogens (primary N) is 1. The highest BCUT2D eigenvalue weighted by Gasteiger charge is 2.68. The van der Waals surface area contributed by atoms with Crippen LogP contribution in [-0.4, -0.2) is 75.1 Å². The van der Waals surface area contributed by atoms with Crippen LogP contribution in [0.3, 0.4) is 0 Å². The molecule has 1 aromatic carbocycles. The molecule has 6 atom stereocenters. The van der Waals surface area contributed by atoms with E-state index in [-0.39, 0.29) is 66.0 Å². The smallest absolute Gasteiger partial charge is 0.404 e. The van der Waals surface area contributed by atoms with Gasteiger partial charge in [0.15, 0.2) is 5.03 Å². The van der Waals surface area contributed by atoms with E-state index in [2.05, 4.69) is 55.0 Å². The van der Waals surface area contributed by atoms with Crippen LogP contribution in [-0.2, 0) is 28.9 Å². The number of rotatable bonds is 19. The molecule has 2 bridgehead atoms. The van der Waals surface area contributed by atoms with Crippen molar-refractivity contribution in [3.63, 3.8) is 0 Å². The first-order valence-electron chi connectivity index (χ1n) is 17.7. The highest BCUT2D eigenvalue weighted by atomic mass is 32.2. The van der Waals surface area contributed by atoms with E-state index in [9.17, 15) is 28.1 Å². The first kappa shape index (κ1) is 39.5. The molecule has 0 aromatic heterocycles. The average Bonchev–Trinajstić information content (AvgIpc) is 3.41. The average molecular weight is 720 g/mol. The van der Waals surface area contributed by atoms with Crippen molar-refractivity contribution in [1.29, 1.82) is 0 Å². The molecule has 4 aliphatic rings. The summed E-state index contributed by atoms with van der Waals surface area (Å²) in [7, 11) is -4.22. The molecular weight excluding hydrogens is 665 g/mol. The van der Waals surface area contributed by atoms with E-state index >= 15 is 0 Å². The Kier molecular flexibility index (Phi) is 13.3. The predicted octanol–water partition coefficient (Wildman–Crippen LogP) is 2.68. The molecule has 1 aliphatic heterocycles. The Morgan fingerprint density at radius 3 is 2.48 bits per heavy atom. The fraction of sp³-hybridized carbons (Fsp3) is 0.727. The summed E-state index contributed by atoms with van der Waals surface area (Å²) in [6.07, 6.45) is 4.92. The number of carbonyl (C=O) groups is 2. The predicted molar refractivity (Wildman–Crippen MR) is 189 cm³/mol. The zero-order valence-electron chi connectivity index (χ0n) is 29.9. The lowest BCUT2D eigenvalue weighted by atomic mass is 9.43. The molecular formula is C33H54BN7O8S. The van der Waals surface area contributed by atoms with Gasteiger partial charge in [0.05, 0.1) is 22.5 Å². The second-order valence-corrected chi connectivity index (χ2v) is 16.8. The highest BCUT2D eigenvalue weighted by molar-refractivity contribution is 7.89. The Morgan fingerprint density at radius 1 is 1.10 bits per heavy atom. The van der Waals surface area contributed by atoms with Gasteiger partial charge in [-0.15, -0.1) is 0 Å². The Balaban J connectivity index is 1.33. The maximum absolute atomic E-state index is 13.8. The number of benzene rings is 1. The monoisotopic (exact) mass is 719 g/mol. The first-order valence-corrected chi connectivity index (χ1v) is 19.2. The van der Waals surface area contributed by atoms with Gasteiger partial charge in [-0.2, -0.15) is 0 Å². The van der Waals surface area contributed by atoms with Gasteiger partial charge in [-0.05, 0) is 87.2 Å². The maximum Gasteiger partial charge on any atom is 0.481 e. The first-order chi connectivity index (χ1) is 23.5. The van der Waals surface area contributed by atoms with Crippen LogP contribution in [0.2, 0.25) is 0 Å². The second-order valence-electron chi connectivity index (χ2n) is 15.0. The number of hydrogen-bond donors (Lipinski definition) is 5. The van der Waals surface area contributed by atoms with Gasteiger partial charge in [0.2, 0.25) is 21.8 Å². The number of unbranched alkanes of at least 4 members (excludes halogenated alkanes) is 2. The summed E-state index contributed by atoms with van der Waals surface area (Å²) in [6, 6.07) is 7.21. The lowest BCUT2D eigenvalue weighted by Gasteiger charge is -2.64. The van der Waals surface area contributed by atoms with E-state index < -0.39 is 39.8 Å². The van der Waals surface area contributed by atoms with Crippen molar-refractivity contribution < 1.29 is 32.3 Å². The lowest BCUT2D eigenvalue weighted by Crippen LogP contribution is -2.65. The van der Waals surface area contributed by atoms with Gasteiger partial charge in [-0.25, -0.2) is 28.2 Å². The summed E-state index contributed by atoms with van der Waals surface area (Å²) < 4.78 is 40.6. The highest BCUT2D eigenvalue weighted by Crippen LogP contribution is 2.65. The molecule has 0 spiro atoms. The largest absolute Gasteiger partial charge is 0.481 e. The molecule has 17 heteroatoms. The van der Waals surface area contributed by atoms with Crippen molar-refractivity contribution in [1.82, 2.24) is 20.8 Å². The van der Waals surface area contributed by atoms with E-state index in [4.69, 9.17) is 15.0 Å². The van der Waals surface area contributed by atoms with Crippen LogP contribution < -0.4 is 26.5 Å².